The van der Waals surface area contributed by atoms with E-state index in [0.717, 1.165) is 32.6 Å². The summed E-state index contributed by atoms with van der Waals surface area (Å²) in [6.45, 7) is 9.21. The van der Waals surface area contributed by atoms with Crippen LogP contribution >= 0.6 is 11.8 Å². The minimum absolute atomic E-state index is 0.238. The fraction of sp³-hybridized carbons (Fsp3) is 0.222. The highest BCUT2D eigenvalue weighted by Crippen LogP contribution is 2.36. The fourth-order valence-corrected chi connectivity index (χ4v) is 3.15. The molecule has 1 N–H and O–H groups in total. The van der Waals surface area contributed by atoms with Crippen molar-refractivity contribution in [3.05, 3.63) is 60.2 Å². The number of halogens is 1. The second-order valence-electron chi connectivity index (χ2n) is 5.17. The first kappa shape index (κ1) is 18.0. The first-order valence-electron chi connectivity index (χ1n) is 7.55. The van der Waals surface area contributed by atoms with Gasteiger partial charge in [-0.05, 0) is 51.1 Å². The summed E-state index contributed by atoms with van der Waals surface area (Å²) >= 11 is 1.53. The fourth-order valence-electron chi connectivity index (χ4n) is 2.18. The molecular formula is C18H21FN4S. The number of hydrogen-bond donors (Lipinski definition) is 1. The molecule has 4 nitrogen and oxygen atoms in total. The largest absolute Gasteiger partial charge is 0.371 e. The van der Waals surface area contributed by atoms with Crippen LogP contribution in [0.25, 0.3) is 5.65 Å². The molecule has 0 atom stereocenters. The molecule has 1 aromatic carbocycles. The number of rotatable bonds is 3. The molecule has 0 aliphatic rings. The first-order valence-corrected chi connectivity index (χ1v) is 8.37. The molecule has 2 aromatic heterocycles. The molecule has 0 saturated heterocycles. The Morgan fingerprint density at radius 1 is 1.25 bits per heavy atom. The number of benzene rings is 1. The van der Waals surface area contributed by atoms with Crippen molar-refractivity contribution in [3.8, 4) is 0 Å². The van der Waals surface area contributed by atoms with Gasteiger partial charge in [0.2, 0.25) is 0 Å². The molecule has 0 saturated carbocycles. The number of aryl methyl sites for hydroxylation is 2. The zero-order valence-corrected chi connectivity index (χ0v) is 15.1. The minimum Gasteiger partial charge on any atom is -0.371 e. The Morgan fingerprint density at radius 3 is 2.46 bits per heavy atom. The van der Waals surface area contributed by atoms with Crippen molar-refractivity contribution < 1.29 is 4.39 Å². The molecule has 6 heteroatoms. The molecule has 0 fully saturated rings. The van der Waals surface area contributed by atoms with Crippen LogP contribution < -0.4 is 5.32 Å². The van der Waals surface area contributed by atoms with Crippen molar-refractivity contribution in [2.75, 3.05) is 12.4 Å². The van der Waals surface area contributed by atoms with Crippen LogP contribution in [-0.4, -0.2) is 21.6 Å². The first-order chi connectivity index (χ1) is 11.5. The molecule has 24 heavy (non-hydrogen) atoms. The van der Waals surface area contributed by atoms with Gasteiger partial charge in [-0.25, -0.2) is 13.9 Å². The summed E-state index contributed by atoms with van der Waals surface area (Å²) in [6, 6.07) is 8.41. The third kappa shape index (κ3) is 3.94. The number of nitrogens with one attached hydrogen (secondary N) is 1. The van der Waals surface area contributed by atoms with Crippen molar-refractivity contribution >= 4 is 23.2 Å². The number of nitrogens with zero attached hydrogens (tertiary/aromatic N) is 3. The summed E-state index contributed by atoms with van der Waals surface area (Å²) < 4.78 is 14.8. The highest BCUT2D eigenvalue weighted by molar-refractivity contribution is 7.99. The molecule has 0 amide bonds. The van der Waals surface area contributed by atoms with Crippen LogP contribution in [0.1, 0.15) is 18.3 Å². The highest BCUT2D eigenvalue weighted by atomic mass is 32.2. The van der Waals surface area contributed by atoms with Crippen LogP contribution in [0, 0.1) is 19.7 Å². The van der Waals surface area contributed by atoms with Gasteiger partial charge in [0, 0.05) is 23.3 Å². The summed E-state index contributed by atoms with van der Waals surface area (Å²) in [4.78, 5) is 6.47. The number of hydrogen-bond acceptors (Lipinski definition) is 4. The second kappa shape index (κ2) is 7.97. The number of fused-ring (bicyclic) bond motifs is 1. The molecule has 2 heterocycles. The van der Waals surface area contributed by atoms with E-state index in [1.807, 2.05) is 38.4 Å². The van der Waals surface area contributed by atoms with Gasteiger partial charge in [-0.3, -0.25) is 0 Å². The van der Waals surface area contributed by atoms with Gasteiger partial charge in [-0.15, -0.1) is 11.7 Å². The van der Waals surface area contributed by atoms with Crippen LogP contribution in [0.15, 0.2) is 52.8 Å². The lowest BCUT2D eigenvalue weighted by Gasteiger charge is -2.03. The summed E-state index contributed by atoms with van der Waals surface area (Å²) in [5, 5.41) is 7.63. The van der Waals surface area contributed by atoms with Gasteiger partial charge in [-0.2, -0.15) is 0 Å². The lowest BCUT2D eigenvalue weighted by atomic mass is 10.3. The van der Waals surface area contributed by atoms with Crippen LogP contribution in [0.4, 0.5) is 10.2 Å². The maximum absolute atomic E-state index is 13.0. The van der Waals surface area contributed by atoms with Crippen molar-refractivity contribution in [2.24, 2.45) is 0 Å². The third-order valence-electron chi connectivity index (χ3n) is 3.12. The number of aromatic nitrogens is 3. The van der Waals surface area contributed by atoms with Crippen LogP contribution in [0.3, 0.4) is 0 Å². The van der Waals surface area contributed by atoms with Gasteiger partial charge in [0.25, 0.3) is 0 Å². The third-order valence-corrected chi connectivity index (χ3v) is 4.21. The van der Waals surface area contributed by atoms with Crippen LogP contribution in [-0.2, 0) is 0 Å². The van der Waals surface area contributed by atoms with Crippen LogP contribution in [0.2, 0.25) is 0 Å². The van der Waals surface area contributed by atoms with E-state index >= 15 is 0 Å². The standard InChI is InChI=1S/C15H15FN4S.C3H6/c1-9-8-10(2)20-15(18-9)13(14(17-3)19-20)21-12-6-4-11(16)5-7-12;1-3-2/h4-8H,1-3H3,(H,17,19);3H,1H2,2H3. The van der Waals surface area contributed by atoms with E-state index in [9.17, 15) is 4.39 Å². The molecule has 0 bridgehead atoms. The average Bonchev–Trinajstić information content (AvgIpc) is 2.88. The van der Waals surface area contributed by atoms with Crippen molar-refractivity contribution in [3.63, 3.8) is 0 Å². The number of allylic oxidation sites excluding steroid dienone is 1. The van der Waals surface area contributed by atoms with E-state index in [4.69, 9.17) is 0 Å². The Morgan fingerprint density at radius 2 is 1.88 bits per heavy atom. The molecule has 0 aliphatic carbocycles. The lowest BCUT2D eigenvalue weighted by molar-refractivity contribution is 0.626. The van der Waals surface area contributed by atoms with Gasteiger partial charge in [0.1, 0.15) is 10.7 Å². The number of anilines is 1. The molecule has 0 aliphatic heterocycles. The molecular weight excluding hydrogens is 323 g/mol. The Balaban J connectivity index is 0.000000647. The zero-order valence-electron chi connectivity index (χ0n) is 14.3. The maximum atomic E-state index is 13.0. The van der Waals surface area contributed by atoms with E-state index in [-0.39, 0.29) is 5.82 Å². The molecule has 126 valence electrons. The minimum atomic E-state index is -0.238. The normalized spacial score (nSPS) is 10.2. The van der Waals surface area contributed by atoms with Gasteiger partial charge in [-0.1, -0.05) is 17.8 Å². The van der Waals surface area contributed by atoms with Crippen molar-refractivity contribution in [1.29, 1.82) is 0 Å². The van der Waals surface area contributed by atoms with Gasteiger partial charge in [0.05, 0.1) is 0 Å². The quantitative estimate of drug-likeness (QED) is 0.688. The monoisotopic (exact) mass is 344 g/mol. The average molecular weight is 344 g/mol. The Bertz CT molecular complexity index is 840. The van der Waals surface area contributed by atoms with E-state index in [2.05, 4.69) is 22.0 Å². The molecule has 0 spiro atoms. The Labute approximate surface area is 145 Å². The van der Waals surface area contributed by atoms with E-state index in [1.165, 1.54) is 23.9 Å². The highest BCUT2D eigenvalue weighted by Gasteiger charge is 2.16. The van der Waals surface area contributed by atoms with E-state index in [1.54, 1.807) is 18.2 Å². The summed E-state index contributed by atoms with van der Waals surface area (Å²) in [5.74, 6) is 0.531. The van der Waals surface area contributed by atoms with Crippen molar-refractivity contribution in [2.45, 2.75) is 30.6 Å². The van der Waals surface area contributed by atoms with Gasteiger partial charge < -0.3 is 5.32 Å². The van der Waals surface area contributed by atoms with Crippen LogP contribution in [0.5, 0.6) is 0 Å². The molecule has 3 rings (SSSR count). The summed E-state index contributed by atoms with van der Waals surface area (Å²) in [5.41, 5.74) is 2.79. The maximum Gasteiger partial charge on any atom is 0.171 e. The zero-order chi connectivity index (χ0) is 17.7. The summed E-state index contributed by atoms with van der Waals surface area (Å²) in [6.07, 6.45) is 1.75. The Hall–Kier alpha value is -2.34. The molecule has 0 unspecified atom stereocenters. The topological polar surface area (TPSA) is 42.2 Å². The second-order valence-corrected chi connectivity index (χ2v) is 6.25. The van der Waals surface area contributed by atoms with Gasteiger partial charge >= 0.3 is 0 Å². The van der Waals surface area contributed by atoms with Crippen molar-refractivity contribution in [1.82, 2.24) is 14.6 Å². The predicted octanol–water partition coefficient (Wildman–Crippen LogP) is 4.87. The Kier molecular flexibility index (Phi) is 5.98. The van der Waals surface area contributed by atoms with E-state index in [0.29, 0.717) is 0 Å². The molecule has 0 radical (unpaired) electrons. The molecule has 3 aromatic rings. The SMILES string of the molecule is C=CC.CNc1nn2c(C)cc(C)nc2c1Sc1ccc(F)cc1. The summed E-state index contributed by atoms with van der Waals surface area (Å²) in [7, 11) is 1.83. The lowest BCUT2D eigenvalue weighted by Crippen LogP contribution is -1.97. The predicted molar refractivity (Wildman–Crippen MR) is 98.4 cm³/mol. The van der Waals surface area contributed by atoms with Gasteiger partial charge in [0.15, 0.2) is 11.5 Å². The van der Waals surface area contributed by atoms with E-state index < -0.39 is 0 Å². The smallest absolute Gasteiger partial charge is 0.171 e.